The molecular weight excluding hydrogens is 473 g/mol. The van der Waals surface area contributed by atoms with Crippen molar-refractivity contribution in [1.82, 2.24) is 10.3 Å². The molecule has 0 saturated heterocycles. The maximum Gasteiger partial charge on any atom is 0.249 e. The average molecular weight is 500 g/mol. The van der Waals surface area contributed by atoms with Crippen molar-refractivity contribution in [1.29, 1.82) is 0 Å². The highest BCUT2D eigenvalue weighted by molar-refractivity contribution is 5.97. The normalized spacial score (nSPS) is 11.4. The van der Waals surface area contributed by atoms with Crippen LogP contribution in [0.2, 0.25) is 0 Å². The summed E-state index contributed by atoms with van der Waals surface area (Å²) < 4.78 is 24.5. The van der Waals surface area contributed by atoms with Crippen molar-refractivity contribution in [2.75, 3.05) is 11.9 Å². The summed E-state index contributed by atoms with van der Waals surface area (Å²) in [7, 11) is 0. The van der Waals surface area contributed by atoms with E-state index in [-0.39, 0.29) is 24.8 Å². The standard InChI is InChI=1S/C29H26FN3O4/c30-22-9-13-25(14-10-22)37-26-15-11-23(12-16-26)32-29(35)27(20-36-19-21-6-2-1-3-7-21)33-28(34)18-24-8-4-5-17-31-24/h1-17,27H,18-20H2,(H,32,35)(H,33,34)/t27-/m0/s1. The van der Waals surface area contributed by atoms with E-state index in [1.165, 1.54) is 24.3 Å². The smallest absolute Gasteiger partial charge is 0.249 e. The number of nitrogens with zero attached hydrogens (tertiary/aromatic N) is 1. The van der Waals surface area contributed by atoms with E-state index >= 15 is 0 Å². The first-order valence-corrected chi connectivity index (χ1v) is 11.7. The molecule has 0 aliphatic carbocycles. The van der Waals surface area contributed by atoms with Gasteiger partial charge < -0.3 is 20.1 Å². The van der Waals surface area contributed by atoms with E-state index < -0.39 is 11.9 Å². The summed E-state index contributed by atoms with van der Waals surface area (Å²) in [4.78, 5) is 29.8. The molecule has 1 heterocycles. The summed E-state index contributed by atoms with van der Waals surface area (Å²) >= 11 is 0. The fourth-order valence-corrected chi connectivity index (χ4v) is 3.44. The first-order valence-electron chi connectivity index (χ1n) is 11.7. The van der Waals surface area contributed by atoms with Crippen LogP contribution in [0.4, 0.5) is 10.1 Å². The lowest BCUT2D eigenvalue weighted by molar-refractivity contribution is -0.127. The van der Waals surface area contributed by atoms with Crippen molar-refractivity contribution < 1.29 is 23.5 Å². The number of halogens is 1. The monoisotopic (exact) mass is 499 g/mol. The third-order valence-corrected chi connectivity index (χ3v) is 5.29. The molecule has 1 aromatic heterocycles. The molecule has 3 aromatic carbocycles. The van der Waals surface area contributed by atoms with Gasteiger partial charge in [-0.1, -0.05) is 36.4 Å². The zero-order valence-electron chi connectivity index (χ0n) is 20.0. The van der Waals surface area contributed by atoms with Crippen LogP contribution in [-0.2, 0) is 27.4 Å². The zero-order valence-corrected chi connectivity index (χ0v) is 20.0. The molecule has 4 aromatic rings. The quantitative estimate of drug-likeness (QED) is 0.307. The maximum absolute atomic E-state index is 13.1. The van der Waals surface area contributed by atoms with E-state index in [4.69, 9.17) is 9.47 Å². The van der Waals surface area contributed by atoms with Crippen molar-refractivity contribution in [2.45, 2.75) is 19.1 Å². The van der Waals surface area contributed by atoms with E-state index in [0.29, 0.717) is 29.5 Å². The number of ether oxygens (including phenoxy) is 2. The number of aromatic nitrogens is 1. The molecule has 0 saturated carbocycles. The molecule has 0 bridgehead atoms. The summed E-state index contributed by atoms with van der Waals surface area (Å²) in [5, 5.41) is 5.55. The molecular formula is C29H26FN3O4. The van der Waals surface area contributed by atoms with Gasteiger partial charge in [0.25, 0.3) is 0 Å². The van der Waals surface area contributed by atoms with Crippen LogP contribution in [-0.4, -0.2) is 29.4 Å². The fraction of sp³-hybridized carbons (Fsp3) is 0.138. The van der Waals surface area contributed by atoms with Gasteiger partial charge in [0.05, 0.1) is 19.6 Å². The van der Waals surface area contributed by atoms with Crippen molar-refractivity contribution in [3.63, 3.8) is 0 Å². The molecule has 4 rings (SSSR count). The topological polar surface area (TPSA) is 89.5 Å². The van der Waals surface area contributed by atoms with Crippen LogP contribution < -0.4 is 15.4 Å². The van der Waals surface area contributed by atoms with Gasteiger partial charge in [0.2, 0.25) is 11.8 Å². The van der Waals surface area contributed by atoms with Crippen molar-refractivity contribution in [3.05, 3.63) is 120 Å². The molecule has 0 aliphatic heterocycles. The van der Waals surface area contributed by atoms with E-state index in [0.717, 1.165) is 5.56 Å². The molecule has 0 radical (unpaired) electrons. The second-order valence-electron chi connectivity index (χ2n) is 8.19. The third kappa shape index (κ3) is 8.26. The molecule has 37 heavy (non-hydrogen) atoms. The minimum Gasteiger partial charge on any atom is -0.457 e. The Hall–Kier alpha value is -4.56. The Labute approximate surface area is 214 Å². The summed E-state index contributed by atoms with van der Waals surface area (Å²) in [6.45, 7) is 0.288. The van der Waals surface area contributed by atoms with Gasteiger partial charge in [0.15, 0.2) is 0 Å². The van der Waals surface area contributed by atoms with Crippen LogP contribution in [0.15, 0.2) is 103 Å². The first-order chi connectivity index (χ1) is 18.0. The largest absolute Gasteiger partial charge is 0.457 e. The Morgan fingerprint density at radius 2 is 1.51 bits per heavy atom. The Kier molecular flexibility index (Phi) is 8.93. The van der Waals surface area contributed by atoms with Crippen molar-refractivity contribution >= 4 is 17.5 Å². The number of pyridine rings is 1. The van der Waals surface area contributed by atoms with E-state index in [2.05, 4.69) is 15.6 Å². The number of nitrogens with one attached hydrogen (secondary N) is 2. The Morgan fingerprint density at radius 1 is 0.838 bits per heavy atom. The molecule has 0 unspecified atom stereocenters. The minimum atomic E-state index is -0.921. The predicted octanol–water partition coefficient (Wildman–Crippen LogP) is 4.90. The molecule has 0 aliphatic rings. The van der Waals surface area contributed by atoms with Gasteiger partial charge in [0, 0.05) is 17.6 Å². The van der Waals surface area contributed by atoms with Crippen LogP contribution in [0.25, 0.3) is 0 Å². The number of benzene rings is 3. The molecule has 8 heteroatoms. The highest BCUT2D eigenvalue weighted by Gasteiger charge is 2.22. The summed E-state index contributed by atoms with van der Waals surface area (Å²) in [6.07, 6.45) is 1.65. The van der Waals surface area contributed by atoms with Gasteiger partial charge in [-0.25, -0.2) is 4.39 Å². The lowest BCUT2D eigenvalue weighted by Gasteiger charge is -2.19. The summed E-state index contributed by atoms with van der Waals surface area (Å²) in [6, 6.07) is 26.3. The molecule has 7 nitrogen and oxygen atoms in total. The molecule has 1 atom stereocenters. The summed E-state index contributed by atoms with van der Waals surface area (Å²) in [5.41, 5.74) is 2.07. The average Bonchev–Trinajstić information content (AvgIpc) is 2.91. The highest BCUT2D eigenvalue weighted by atomic mass is 19.1. The van der Waals surface area contributed by atoms with Crippen molar-refractivity contribution in [3.8, 4) is 11.5 Å². The number of carbonyl (C=O) groups excluding carboxylic acids is 2. The van der Waals surface area contributed by atoms with Gasteiger partial charge in [0.1, 0.15) is 23.4 Å². The number of anilines is 1. The second kappa shape index (κ2) is 12.9. The number of amides is 2. The number of hydrogen-bond donors (Lipinski definition) is 2. The molecule has 0 spiro atoms. The summed E-state index contributed by atoms with van der Waals surface area (Å²) in [5.74, 6) is -0.0971. The van der Waals surface area contributed by atoms with Gasteiger partial charge >= 0.3 is 0 Å². The van der Waals surface area contributed by atoms with Gasteiger partial charge in [-0.2, -0.15) is 0 Å². The first kappa shape index (κ1) is 25.5. The van der Waals surface area contributed by atoms with Crippen LogP contribution in [0.1, 0.15) is 11.3 Å². The lowest BCUT2D eigenvalue weighted by atomic mass is 10.2. The molecule has 2 amide bonds. The fourth-order valence-electron chi connectivity index (χ4n) is 3.44. The minimum absolute atomic E-state index is 0.0134. The number of hydrogen-bond acceptors (Lipinski definition) is 5. The van der Waals surface area contributed by atoms with Gasteiger partial charge in [-0.05, 0) is 66.2 Å². The lowest BCUT2D eigenvalue weighted by Crippen LogP contribution is -2.47. The van der Waals surface area contributed by atoms with Gasteiger partial charge in [-0.15, -0.1) is 0 Å². The van der Waals surface area contributed by atoms with Crippen LogP contribution in [0.3, 0.4) is 0 Å². The molecule has 0 fully saturated rings. The van der Waals surface area contributed by atoms with E-state index in [1.807, 2.05) is 30.3 Å². The Bertz CT molecular complexity index is 1280. The zero-order chi connectivity index (χ0) is 25.9. The highest BCUT2D eigenvalue weighted by Crippen LogP contribution is 2.23. The van der Waals surface area contributed by atoms with Crippen LogP contribution in [0, 0.1) is 5.82 Å². The Morgan fingerprint density at radius 3 is 2.19 bits per heavy atom. The van der Waals surface area contributed by atoms with E-state index in [1.54, 1.807) is 48.7 Å². The number of rotatable bonds is 11. The van der Waals surface area contributed by atoms with E-state index in [9.17, 15) is 14.0 Å². The van der Waals surface area contributed by atoms with Crippen LogP contribution >= 0.6 is 0 Å². The predicted molar refractivity (Wildman–Crippen MR) is 138 cm³/mol. The second-order valence-corrected chi connectivity index (χ2v) is 8.19. The molecule has 188 valence electrons. The SMILES string of the molecule is O=C(Cc1ccccn1)N[C@@H](COCc1ccccc1)C(=O)Nc1ccc(Oc2ccc(F)cc2)cc1. The third-order valence-electron chi connectivity index (χ3n) is 5.29. The van der Waals surface area contributed by atoms with Crippen molar-refractivity contribution in [2.24, 2.45) is 0 Å². The van der Waals surface area contributed by atoms with Crippen LogP contribution in [0.5, 0.6) is 11.5 Å². The maximum atomic E-state index is 13.1. The van der Waals surface area contributed by atoms with Gasteiger partial charge in [-0.3, -0.25) is 14.6 Å². The Balaban J connectivity index is 1.37. The molecule has 2 N–H and O–H groups in total. The number of carbonyl (C=O) groups is 2.